The number of carbonyl (C=O) groups is 1. The number of aromatic nitrogens is 3. The normalized spacial score (nSPS) is 18.5. The molecule has 0 unspecified atom stereocenters. The van der Waals surface area contributed by atoms with Crippen molar-refractivity contribution in [3.05, 3.63) is 41.2 Å². The molecule has 6 nitrogen and oxygen atoms in total. The monoisotopic (exact) mass is 320 g/mol. The van der Waals surface area contributed by atoms with Crippen LogP contribution < -0.4 is 0 Å². The smallest absolute Gasteiger partial charge is 0.276 e. The van der Waals surface area contributed by atoms with Gasteiger partial charge in [-0.1, -0.05) is 23.7 Å². The van der Waals surface area contributed by atoms with Crippen molar-refractivity contribution < 1.29 is 9.53 Å². The molecule has 2 aromatic rings. The zero-order valence-electron chi connectivity index (χ0n) is 12.3. The van der Waals surface area contributed by atoms with E-state index in [1.165, 1.54) is 0 Å². The fourth-order valence-electron chi connectivity index (χ4n) is 2.39. The van der Waals surface area contributed by atoms with E-state index in [1.54, 1.807) is 27.9 Å². The van der Waals surface area contributed by atoms with Crippen LogP contribution in [-0.4, -0.2) is 51.6 Å². The van der Waals surface area contributed by atoms with Gasteiger partial charge in [0.15, 0.2) is 5.69 Å². The number of benzene rings is 1. The third kappa shape index (κ3) is 3.13. The summed E-state index contributed by atoms with van der Waals surface area (Å²) in [5, 5.41) is 8.66. The molecule has 1 aromatic carbocycles. The van der Waals surface area contributed by atoms with Gasteiger partial charge in [-0.05, 0) is 30.7 Å². The Bertz CT molecular complexity index is 656. The predicted octanol–water partition coefficient (Wildman–Crippen LogP) is 2.17. The van der Waals surface area contributed by atoms with Crippen LogP contribution in [0.4, 0.5) is 0 Å². The number of nitrogens with zero attached hydrogens (tertiary/aromatic N) is 4. The minimum Gasteiger partial charge on any atom is -0.375 e. The van der Waals surface area contributed by atoms with Crippen molar-refractivity contribution in [1.82, 2.24) is 19.9 Å². The lowest BCUT2D eigenvalue weighted by molar-refractivity contribution is -0.0228. The summed E-state index contributed by atoms with van der Waals surface area (Å²) in [4.78, 5) is 14.3. The van der Waals surface area contributed by atoms with Crippen molar-refractivity contribution in [3.63, 3.8) is 0 Å². The van der Waals surface area contributed by atoms with Gasteiger partial charge in [0.25, 0.3) is 5.91 Å². The standard InChI is InChI=1S/C15H17ClN4O2/c1-2-13-9-19(7-8-22-13)15(21)14-10-20(18-17-14)12-5-3-11(16)4-6-12/h3-6,10,13H,2,7-9H2,1H3/t13-/m0/s1. The van der Waals surface area contributed by atoms with Gasteiger partial charge in [0.05, 0.1) is 24.6 Å². The number of halogens is 1. The predicted molar refractivity (Wildman–Crippen MR) is 82.3 cm³/mol. The zero-order chi connectivity index (χ0) is 15.5. The Hall–Kier alpha value is -1.92. The second-order valence-electron chi connectivity index (χ2n) is 5.18. The minimum atomic E-state index is -0.109. The van der Waals surface area contributed by atoms with Crippen molar-refractivity contribution in [2.45, 2.75) is 19.4 Å². The fraction of sp³-hybridized carbons (Fsp3) is 0.400. The van der Waals surface area contributed by atoms with E-state index in [2.05, 4.69) is 17.2 Å². The lowest BCUT2D eigenvalue weighted by Gasteiger charge is -2.31. The molecule has 1 saturated heterocycles. The Morgan fingerprint density at radius 2 is 2.18 bits per heavy atom. The molecule has 116 valence electrons. The molecule has 7 heteroatoms. The molecule has 1 aliphatic rings. The molecular weight excluding hydrogens is 304 g/mol. The van der Waals surface area contributed by atoms with Gasteiger partial charge in [-0.3, -0.25) is 4.79 Å². The first-order valence-corrected chi connectivity index (χ1v) is 7.64. The molecule has 1 atom stereocenters. The van der Waals surface area contributed by atoms with Gasteiger partial charge in [0.1, 0.15) is 0 Å². The van der Waals surface area contributed by atoms with Crippen LogP contribution in [0.5, 0.6) is 0 Å². The van der Waals surface area contributed by atoms with Gasteiger partial charge in [-0.2, -0.15) is 0 Å². The van der Waals surface area contributed by atoms with Crippen molar-refractivity contribution >= 4 is 17.5 Å². The van der Waals surface area contributed by atoms with Crippen molar-refractivity contribution in [2.24, 2.45) is 0 Å². The number of amides is 1. The molecule has 0 saturated carbocycles. The summed E-state index contributed by atoms with van der Waals surface area (Å²) in [6.07, 6.45) is 2.63. The van der Waals surface area contributed by atoms with Crippen LogP contribution in [-0.2, 0) is 4.74 Å². The van der Waals surface area contributed by atoms with Crippen molar-refractivity contribution in [3.8, 4) is 5.69 Å². The molecule has 0 spiro atoms. The van der Waals surface area contributed by atoms with Crippen molar-refractivity contribution in [2.75, 3.05) is 19.7 Å². The van der Waals surface area contributed by atoms with Gasteiger partial charge in [0.2, 0.25) is 0 Å². The number of hydrogen-bond donors (Lipinski definition) is 0. The minimum absolute atomic E-state index is 0.101. The highest BCUT2D eigenvalue weighted by atomic mass is 35.5. The zero-order valence-corrected chi connectivity index (χ0v) is 13.0. The highest BCUT2D eigenvalue weighted by Crippen LogP contribution is 2.14. The third-order valence-electron chi connectivity index (χ3n) is 3.69. The van der Waals surface area contributed by atoms with Crippen molar-refractivity contribution in [1.29, 1.82) is 0 Å². The number of carbonyl (C=O) groups excluding carboxylic acids is 1. The second kappa shape index (κ2) is 6.46. The van der Waals surface area contributed by atoms with E-state index in [0.717, 1.165) is 12.1 Å². The first kappa shape index (κ1) is 15.0. The number of ether oxygens (including phenoxy) is 1. The summed E-state index contributed by atoms with van der Waals surface area (Å²) in [6, 6.07) is 7.20. The molecule has 1 amide bonds. The maximum Gasteiger partial charge on any atom is 0.276 e. The summed E-state index contributed by atoms with van der Waals surface area (Å²) < 4.78 is 7.15. The molecule has 1 fully saturated rings. The fourth-order valence-corrected chi connectivity index (χ4v) is 2.52. The molecule has 22 heavy (non-hydrogen) atoms. The molecule has 1 aliphatic heterocycles. The largest absolute Gasteiger partial charge is 0.375 e. The van der Waals surface area contributed by atoms with Gasteiger partial charge >= 0.3 is 0 Å². The number of hydrogen-bond acceptors (Lipinski definition) is 4. The first-order chi connectivity index (χ1) is 10.7. The molecule has 1 aromatic heterocycles. The van der Waals surface area contributed by atoms with E-state index in [0.29, 0.717) is 30.4 Å². The number of rotatable bonds is 3. The third-order valence-corrected chi connectivity index (χ3v) is 3.94. The molecule has 3 rings (SSSR count). The molecule has 0 aliphatic carbocycles. The van der Waals surface area contributed by atoms with Crippen LogP contribution in [0.1, 0.15) is 23.8 Å². The average Bonchev–Trinajstić information content (AvgIpc) is 3.05. The molecule has 2 heterocycles. The summed E-state index contributed by atoms with van der Waals surface area (Å²) in [7, 11) is 0. The highest BCUT2D eigenvalue weighted by molar-refractivity contribution is 6.30. The average molecular weight is 321 g/mol. The van der Waals surface area contributed by atoms with Crippen LogP contribution in [0, 0.1) is 0 Å². The van der Waals surface area contributed by atoms with Gasteiger partial charge in [-0.25, -0.2) is 4.68 Å². The Kier molecular flexibility index (Phi) is 4.40. The summed E-state index contributed by atoms with van der Waals surface area (Å²) in [6.45, 7) is 3.80. The molecular formula is C15H17ClN4O2. The van der Waals surface area contributed by atoms with E-state index in [9.17, 15) is 4.79 Å². The summed E-state index contributed by atoms with van der Waals surface area (Å²) in [5.74, 6) is -0.109. The molecule has 0 N–H and O–H groups in total. The van der Waals surface area contributed by atoms with Crippen LogP contribution in [0.25, 0.3) is 5.69 Å². The second-order valence-corrected chi connectivity index (χ2v) is 5.61. The quantitative estimate of drug-likeness (QED) is 0.869. The van der Waals surface area contributed by atoms with Crippen LogP contribution >= 0.6 is 11.6 Å². The molecule has 0 radical (unpaired) electrons. The van der Waals surface area contributed by atoms with E-state index >= 15 is 0 Å². The van der Waals surface area contributed by atoms with Crippen LogP contribution in [0.15, 0.2) is 30.5 Å². The maximum atomic E-state index is 12.5. The Balaban J connectivity index is 1.75. The highest BCUT2D eigenvalue weighted by Gasteiger charge is 2.25. The topological polar surface area (TPSA) is 60.2 Å². The van der Waals surface area contributed by atoms with E-state index < -0.39 is 0 Å². The van der Waals surface area contributed by atoms with Gasteiger partial charge in [-0.15, -0.1) is 5.10 Å². The van der Waals surface area contributed by atoms with Gasteiger partial charge < -0.3 is 9.64 Å². The van der Waals surface area contributed by atoms with E-state index in [1.807, 2.05) is 12.1 Å². The number of morpholine rings is 1. The Morgan fingerprint density at radius 3 is 2.91 bits per heavy atom. The van der Waals surface area contributed by atoms with Gasteiger partial charge in [0, 0.05) is 18.1 Å². The van der Waals surface area contributed by atoms with Crippen LogP contribution in [0.3, 0.4) is 0 Å². The Labute approximate surface area is 133 Å². The Morgan fingerprint density at radius 1 is 1.41 bits per heavy atom. The van der Waals surface area contributed by atoms with Crippen LogP contribution in [0.2, 0.25) is 5.02 Å². The molecule has 0 bridgehead atoms. The van der Waals surface area contributed by atoms with E-state index in [-0.39, 0.29) is 12.0 Å². The SMILES string of the molecule is CC[C@H]1CN(C(=O)c2cn(-c3ccc(Cl)cc3)nn2)CCO1. The lowest BCUT2D eigenvalue weighted by atomic mass is 10.2. The lowest BCUT2D eigenvalue weighted by Crippen LogP contribution is -2.45. The summed E-state index contributed by atoms with van der Waals surface area (Å²) >= 11 is 5.87. The summed E-state index contributed by atoms with van der Waals surface area (Å²) in [5.41, 5.74) is 1.15. The maximum absolute atomic E-state index is 12.5. The first-order valence-electron chi connectivity index (χ1n) is 7.26. The van der Waals surface area contributed by atoms with E-state index in [4.69, 9.17) is 16.3 Å².